The van der Waals surface area contributed by atoms with Crippen molar-refractivity contribution in [2.75, 3.05) is 20.2 Å². The quantitative estimate of drug-likeness (QED) is 0.877. The first-order valence-corrected chi connectivity index (χ1v) is 7.03. The molecule has 0 radical (unpaired) electrons. The van der Waals surface area contributed by atoms with Gasteiger partial charge in [0.25, 0.3) is 0 Å². The molecule has 0 spiro atoms. The van der Waals surface area contributed by atoms with Gasteiger partial charge in [0.15, 0.2) is 0 Å². The fourth-order valence-electron chi connectivity index (χ4n) is 2.30. The SMILES string of the molecule is CN(CCO)C(=O)CCCc1ccc2ccccc2c1. The van der Waals surface area contributed by atoms with E-state index < -0.39 is 0 Å². The minimum absolute atomic E-state index is 0.0207. The van der Waals surface area contributed by atoms with E-state index in [1.165, 1.54) is 16.3 Å². The van der Waals surface area contributed by atoms with Crippen molar-refractivity contribution in [3.63, 3.8) is 0 Å². The predicted octanol–water partition coefficient (Wildman–Crippen LogP) is 2.61. The molecule has 0 aliphatic carbocycles. The Kier molecular flexibility index (Phi) is 5.13. The zero-order valence-electron chi connectivity index (χ0n) is 11.9. The number of amides is 1. The summed E-state index contributed by atoms with van der Waals surface area (Å²) < 4.78 is 0. The topological polar surface area (TPSA) is 40.5 Å². The van der Waals surface area contributed by atoms with Crippen molar-refractivity contribution in [2.45, 2.75) is 19.3 Å². The highest BCUT2D eigenvalue weighted by Crippen LogP contribution is 2.17. The molecule has 0 unspecified atom stereocenters. The molecule has 0 aliphatic heterocycles. The van der Waals surface area contributed by atoms with Gasteiger partial charge in [0, 0.05) is 20.0 Å². The number of benzene rings is 2. The smallest absolute Gasteiger partial charge is 0.222 e. The lowest BCUT2D eigenvalue weighted by atomic mass is 10.0. The Morgan fingerprint density at radius 3 is 2.65 bits per heavy atom. The third-order valence-electron chi connectivity index (χ3n) is 3.53. The number of aliphatic hydroxyl groups is 1. The van der Waals surface area contributed by atoms with Crippen LogP contribution in [-0.2, 0) is 11.2 Å². The fourth-order valence-corrected chi connectivity index (χ4v) is 2.30. The van der Waals surface area contributed by atoms with Gasteiger partial charge in [0.1, 0.15) is 0 Å². The van der Waals surface area contributed by atoms with Gasteiger partial charge in [-0.1, -0.05) is 42.5 Å². The van der Waals surface area contributed by atoms with E-state index in [0.717, 1.165) is 12.8 Å². The predicted molar refractivity (Wildman–Crippen MR) is 81.6 cm³/mol. The molecule has 2 rings (SSSR count). The highest BCUT2D eigenvalue weighted by atomic mass is 16.3. The number of rotatable bonds is 6. The van der Waals surface area contributed by atoms with Crippen LogP contribution in [0, 0.1) is 0 Å². The minimum atomic E-state index is 0.0207. The number of carbonyl (C=O) groups is 1. The number of likely N-dealkylation sites (N-methyl/N-ethyl adjacent to an activating group) is 1. The third-order valence-corrected chi connectivity index (χ3v) is 3.53. The molecule has 0 bridgehead atoms. The highest BCUT2D eigenvalue weighted by Gasteiger charge is 2.07. The van der Waals surface area contributed by atoms with Crippen LogP contribution < -0.4 is 0 Å². The molecule has 3 nitrogen and oxygen atoms in total. The van der Waals surface area contributed by atoms with Gasteiger partial charge in [-0.05, 0) is 29.2 Å². The molecule has 3 heteroatoms. The van der Waals surface area contributed by atoms with E-state index in [2.05, 4.69) is 30.3 Å². The molecule has 1 N–H and O–H groups in total. The van der Waals surface area contributed by atoms with Gasteiger partial charge in [-0.15, -0.1) is 0 Å². The molecule has 106 valence electrons. The van der Waals surface area contributed by atoms with Crippen LogP contribution in [0.2, 0.25) is 0 Å². The van der Waals surface area contributed by atoms with Crippen LogP contribution in [-0.4, -0.2) is 36.1 Å². The summed E-state index contributed by atoms with van der Waals surface area (Å²) >= 11 is 0. The van der Waals surface area contributed by atoms with E-state index in [9.17, 15) is 4.79 Å². The van der Waals surface area contributed by atoms with Crippen LogP contribution >= 0.6 is 0 Å². The van der Waals surface area contributed by atoms with Crippen LogP contribution in [0.5, 0.6) is 0 Å². The van der Waals surface area contributed by atoms with Crippen molar-refractivity contribution in [2.24, 2.45) is 0 Å². The Morgan fingerprint density at radius 1 is 1.15 bits per heavy atom. The maximum absolute atomic E-state index is 11.8. The van der Waals surface area contributed by atoms with Crippen LogP contribution in [0.1, 0.15) is 18.4 Å². The van der Waals surface area contributed by atoms with Gasteiger partial charge in [0.05, 0.1) is 6.61 Å². The zero-order valence-corrected chi connectivity index (χ0v) is 11.9. The number of aliphatic hydroxyl groups excluding tert-OH is 1. The first-order chi connectivity index (χ1) is 9.70. The van der Waals surface area contributed by atoms with Crippen molar-refractivity contribution in [3.05, 3.63) is 48.0 Å². The largest absolute Gasteiger partial charge is 0.395 e. The molecular weight excluding hydrogens is 250 g/mol. The minimum Gasteiger partial charge on any atom is -0.395 e. The number of hydrogen-bond donors (Lipinski definition) is 1. The number of hydrogen-bond acceptors (Lipinski definition) is 2. The number of nitrogens with zero attached hydrogens (tertiary/aromatic N) is 1. The Balaban J connectivity index is 1.88. The molecule has 20 heavy (non-hydrogen) atoms. The van der Waals surface area contributed by atoms with Gasteiger partial charge < -0.3 is 10.0 Å². The monoisotopic (exact) mass is 271 g/mol. The van der Waals surface area contributed by atoms with Gasteiger partial charge in [-0.3, -0.25) is 4.79 Å². The highest BCUT2D eigenvalue weighted by molar-refractivity contribution is 5.83. The van der Waals surface area contributed by atoms with E-state index in [4.69, 9.17) is 5.11 Å². The lowest BCUT2D eigenvalue weighted by Crippen LogP contribution is -2.29. The van der Waals surface area contributed by atoms with Gasteiger partial charge in [-0.25, -0.2) is 0 Å². The van der Waals surface area contributed by atoms with Crippen molar-refractivity contribution in [3.8, 4) is 0 Å². The second-order valence-corrected chi connectivity index (χ2v) is 5.07. The molecule has 0 atom stereocenters. The van der Waals surface area contributed by atoms with Crippen LogP contribution in [0.4, 0.5) is 0 Å². The number of carbonyl (C=O) groups excluding carboxylic acids is 1. The molecule has 0 aromatic heterocycles. The molecule has 0 fully saturated rings. The summed E-state index contributed by atoms with van der Waals surface area (Å²) in [6.45, 7) is 0.432. The summed E-state index contributed by atoms with van der Waals surface area (Å²) in [5.41, 5.74) is 1.27. The third kappa shape index (κ3) is 3.81. The summed E-state index contributed by atoms with van der Waals surface area (Å²) in [4.78, 5) is 13.3. The van der Waals surface area contributed by atoms with E-state index in [0.29, 0.717) is 13.0 Å². The van der Waals surface area contributed by atoms with Gasteiger partial charge in [0.2, 0.25) is 5.91 Å². The van der Waals surface area contributed by atoms with E-state index in [1.54, 1.807) is 11.9 Å². The number of aryl methyl sites for hydroxylation is 1. The summed E-state index contributed by atoms with van der Waals surface area (Å²) in [6, 6.07) is 14.7. The van der Waals surface area contributed by atoms with E-state index in [1.807, 2.05) is 12.1 Å². The molecule has 2 aromatic rings. The normalized spacial score (nSPS) is 10.7. The maximum atomic E-state index is 11.8. The zero-order chi connectivity index (χ0) is 14.4. The molecule has 0 saturated heterocycles. The van der Waals surface area contributed by atoms with Crippen molar-refractivity contribution in [1.82, 2.24) is 4.90 Å². The first-order valence-electron chi connectivity index (χ1n) is 7.03. The lowest BCUT2D eigenvalue weighted by molar-refractivity contribution is -0.130. The Hall–Kier alpha value is -1.87. The average molecular weight is 271 g/mol. The van der Waals surface area contributed by atoms with Crippen LogP contribution in [0.15, 0.2) is 42.5 Å². The van der Waals surface area contributed by atoms with Gasteiger partial charge in [-0.2, -0.15) is 0 Å². The summed E-state index contributed by atoms with van der Waals surface area (Å²) in [7, 11) is 1.73. The second kappa shape index (κ2) is 7.06. The summed E-state index contributed by atoms with van der Waals surface area (Å²) in [6.07, 6.45) is 2.28. The second-order valence-electron chi connectivity index (χ2n) is 5.07. The van der Waals surface area contributed by atoms with Crippen molar-refractivity contribution in [1.29, 1.82) is 0 Å². The van der Waals surface area contributed by atoms with Crippen molar-refractivity contribution < 1.29 is 9.90 Å². The Labute approximate surface area is 119 Å². The molecule has 2 aromatic carbocycles. The molecule has 0 saturated carbocycles. The van der Waals surface area contributed by atoms with Crippen LogP contribution in [0.3, 0.4) is 0 Å². The van der Waals surface area contributed by atoms with E-state index in [-0.39, 0.29) is 12.5 Å². The lowest BCUT2D eigenvalue weighted by Gasteiger charge is -2.15. The summed E-state index contributed by atoms with van der Waals surface area (Å²) in [5.74, 6) is 0.0971. The Bertz CT molecular complexity index is 580. The van der Waals surface area contributed by atoms with Gasteiger partial charge >= 0.3 is 0 Å². The molecular formula is C17H21NO2. The first kappa shape index (κ1) is 14.5. The maximum Gasteiger partial charge on any atom is 0.222 e. The molecule has 1 amide bonds. The molecule has 0 heterocycles. The standard InChI is InChI=1S/C17H21NO2/c1-18(11-12-19)17(20)8-4-5-14-9-10-15-6-2-3-7-16(15)13-14/h2-3,6-7,9-10,13,19H,4-5,8,11-12H2,1H3. The molecule has 0 aliphatic rings. The number of fused-ring (bicyclic) bond motifs is 1. The van der Waals surface area contributed by atoms with Crippen LogP contribution in [0.25, 0.3) is 10.8 Å². The Morgan fingerprint density at radius 2 is 1.90 bits per heavy atom. The summed E-state index contributed by atoms with van der Waals surface area (Å²) in [5, 5.41) is 11.3. The van der Waals surface area contributed by atoms with Crippen molar-refractivity contribution >= 4 is 16.7 Å². The fraction of sp³-hybridized carbons (Fsp3) is 0.353. The average Bonchev–Trinajstić information content (AvgIpc) is 2.47. The van der Waals surface area contributed by atoms with E-state index >= 15 is 0 Å².